The molecule has 5 nitrogen and oxygen atoms in total. The minimum atomic E-state index is 0.374. The van der Waals surface area contributed by atoms with Crippen molar-refractivity contribution in [3.63, 3.8) is 0 Å². The van der Waals surface area contributed by atoms with Gasteiger partial charge in [0.25, 0.3) is 0 Å². The zero-order valence-electron chi connectivity index (χ0n) is 10.9. The molecule has 0 aliphatic carbocycles. The summed E-state index contributed by atoms with van der Waals surface area (Å²) < 4.78 is 5.55. The second kappa shape index (κ2) is 6.66. The highest BCUT2D eigenvalue weighted by molar-refractivity contribution is 4.80. The molecule has 0 aromatic rings. The molecule has 0 spiro atoms. The molecule has 0 aromatic heterocycles. The largest absolute Gasteiger partial charge is 0.381 e. The summed E-state index contributed by atoms with van der Waals surface area (Å²) >= 11 is 0. The Bertz CT molecular complexity index is 213. The Kier molecular flexibility index (Phi) is 5.18. The third-order valence-electron chi connectivity index (χ3n) is 3.87. The second-order valence-electron chi connectivity index (χ2n) is 5.24. The smallest absolute Gasteiger partial charge is 0.0510 e. The van der Waals surface area contributed by atoms with E-state index >= 15 is 0 Å². The molecule has 0 amide bonds. The van der Waals surface area contributed by atoms with Crippen LogP contribution in [-0.4, -0.2) is 68.9 Å². The molecule has 2 atom stereocenters. The molecule has 0 aromatic carbocycles. The highest BCUT2D eigenvalue weighted by Crippen LogP contribution is 2.17. The average Bonchev–Trinajstić information content (AvgIpc) is 2.39. The summed E-state index contributed by atoms with van der Waals surface area (Å²) in [5.41, 5.74) is 9.49. The molecular weight excluding hydrogens is 216 g/mol. The van der Waals surface area contributed by atoms with E-state index in [1.165, 1.54) is 12.8 Å². The molecule has 17 heavy (non-hydrogen) atoms. The molecule has 5 heteroatoms. The number of likely N-dealkylation sites (N-methyl/N-ethyl adjacent to an activating group) is 1. The highest BCUT2D eigenvalue weighted by atomic mass is 16.5. The van der Waals surface area contributed by atoms with Crippen LogP contribution in [0.4, 0.5) is 0 Å². The van der Waals surface area contributed by atoms with Crippen LogP contribution >= 0.6 is 0 Å². The van der Waals surface area contributed by atoms with Crippen molar-refractivity contribution in [2.45, 2.75) is 18.9 Å². The summed E-state index contributed by atoms with van der Waals surface area (Å²) in [5, 5.41) is 2.33. The first kappa shape index (κ1) is 13.2. The Morgan fingerprint density at radius 2 is 2.12 bits per heavy atom. The minimum Gasteiger partial charge on any atom is -0.381 e. The summed E-state index contributed by atoms with van der Waals surface area (Å²) in [6, 6.07) is 0.374. The van der Waals surface area contributed by atoms with Gasteiger partial charge in [0.1, 0.15) is 0 Å². The molecule has 2 heterocycles. The van der Waals surface area contributed by atoms with E-state index in [4.69, 9.17) is 10.5 Å². The maximum Gasteiger partial charge on any atom is 0.0510 e. The normalized spacial score (nSPS) is 30.4. The molecule has 100 valence electrons. The van der Waals surface area contributed by atoms with Gasteiger partial charge in [-0.2, -0.15) is 0 Å². The van der Waals surface area contributed by atoms with Crippen LogP contribution < -0.4 is 11.2 Å². The standard InChI is InChI=1S/C12H26N4O/c1-15-4-6-16(7-5-15)14-12(9-13)11-3-2-8-17-10-11/h11-12,14H,2-10,13H2,1H3. The van der Waals surface area contributed by atoms with E-state index in [2.05, 4.69) is 22.4 Å². The van der Waals surface area contributed by atoms with E-state index in [-0.39, 0.29) is 0 Å². The molecule has 3 N–H and O–H groups in total. The van der Waals surface area contributed by atoms with Crippen LogP contribution in [0.3, 0.4) is 0 Å². The SMILES string of the molecule is CN1CCN(NC(CN)C2CCCOC2)CC1. The van der Waals surface area contributed by atoms with Crippen molar-refractivity contribution in [3.8, 4) is 0 Å². The molecule has 2 saturated heterocycles. The van der Waals surface area contributed by atoms with E-state index in [1.807, 2.05) is 0 Å². The van der Waals surface area contributed by atoms with Crippen LogP contribution in [0.5, 0.6) is 0 Å². The zero-order chi connectivity index (χ0) is 12.1. The molecule has 2 aliphatic heterocycles. The quantitative estimate of drug-likeness (QED) is 0.695. The van der Waals surface area contributed by atoms with Gasteiger partial charge in [0.2, 0.25) is 0 Å². The number of hydrogen-bond donors (Lipinski definition) is 2. The van der Waals surface area contributed by atoms with Crippen LogP contribution in [0.2, 0.25) is 0 Å². The number of hydrogen-bond acceptors (Lipinski definition) is 5. The van der Waals surface area contributed by atoms with Gasteiger partial charge < -0.3 is 15.4 Å². The van der Waals surface area contributed by atoms with Gasteiger partial charge in [0, 0.05) is 51.3 Å². The third-order valence-corrected chi connectivity index (χ3v) is 3.87. The first-order chi connectivity index (χ1) is 8.29. The lowest BCUT2D eigenvalue weighted by Crippen LogP contribution is -2.57. The van der Waals surface area contributed by atoms with Crippen molar-refractivity contribution in [2.75, 3.05) is 53.0 Å². The molecule has 2 aliphatic rings. The fourth-order valence-corrected chi connectivity index (χ4v) is 2.60. The Balaban J connectivity index is 1.78. The van der Waals surface area contributed by atoms with Gasteiger partial charge in [-0.25, -0.2) is 5.01 Å². The lowest BCUT2D eigenvalue weighted by Gasteiger charge is -2.38. The van der Waals surface area contributed by atoms with E-state index in [0.717, 1.165) is 39.4 Å². The molecule has 2 fully saturated rings. The molecule has 0 bridgehead atoms. The minimum absolute atomic E-state index is 0.374. The van der Waals surface area contributed by atoms with E-state index in [1.54, 1.807) is 0 Å². The third kappa shape index (κ3) is 3.89. The summed E-state index contributed by atoms with van der Waals surface area (Å²) in [6.07, 6.45) is 2.41. The van der Waals surface area contributed by atoms with E-state index in [0.29, 0.717) is 18.5 Å². The van der Waals surface area contributed by atoms with Crippen molar-refractivity contribution in [1.82, 2.24) is 15.3 Å². The number of nitrogens with one attached hydrogen (secondary N) is 1. The predicted octanol–water partition coefficient (Wildman–Crippen LogP) is -0.508. The van der Waals surface area contributed by atoms with Gasteiger partial charge in [-0.1, -0.05) is 0 Å². The van der Waals surface area contributed by atoms with Crippen molar-refractivity contribution < 1.29 is 4.74 Å². The van der Waals surface area contributed by atoms with Gasteiger partial charge in [-0.15, -0.1) is 0 Å². The predicted molar refractivity (Wildman–Crippen MR) is 68.6 cm³/mol. The number of nitrogens with zero attached hydrogens (tertiary/aromatic N) is 2. The van der Waals surface area contributed by atoms with Crippen molar-refractivity contribution in [3.05, 3.63) is 0 Å². The number of piperazine rings is 1. The Morgan fingerprint density at radius 3 is 2.71 bits per heavy atom. The number of ether oxygens (including phenoxy) is 1. The topological polar surface area (TPSA) is 53.8 Å². The Hall–Kier alpha value is -0.200. The molecule has 0 saturated carbocycles. The van der Waals surface area contributed by atoms with Gasteiger partial charge in [-0.3, -0.25) is 5.43 Å². The first-order valence-corrected chi connectivity index (χ1v) is 6.77. The average molecular weight is 242 g/mol. The van der Waals surface area contributed by atoms with Crippen molar-refractivity contribution in [1.29, 1.82) is 0 Å². The van der Waals surface area contributed by atoms with Crippen LogP contribution in [0, 0.1) is 5.92 Å². The summed E-state index contributed by atoms with van der Waals surface area (Å²) in [6.45, 7) is 6.91. The maximum absolute atomic E-state index is 5.89. The fraction of sp³-hybridized carbons (Fsp3) is 1.00. The summed E-state index contributed by atoms with van der Waals surface area (Å²) in [5.74, 6) is 0.577. The van der Waals surface area contributed by atoms with Crippen molar-refractivity contribution >= 4 is 0 Å². The number of nitrogens with two attached hydrogens (primary N) is 1. The number of rotatable bonds is 4. The monoisotopic (exact) mass is 242 g/mol. The Morgan fingerprint density at radius 1 is 1.35 bits per heavy atom. The zero-order valence-corrected chi connectivity index (χ0v) is 10.9. The molecule has 0 radical (unpaired) electrons. The first-order valence-electron chi connectivity index (χ1n) is 6.77. The van der Waals surface area contributed by atoms with Crippen LogP contribution in [-0.2, 0) is 4.74 Å². The maximum atomic E-state index is 5.89. The number of hydrazine groups is 1. The van der Waals surface area contributed by atoms with Crippen LogP contribution in [0.1, 0.15) is 12.8 Å². The van der Waals surface area contributed by atoms with Gasteiger partial charge in [-0.05, 0) is 19.9 Å². The van der Waals surface area contributed by atoms with Gasteiger partial charge in [0.05, 0.1) is 6.61 Å². The van der Waals surface area contributed by atoms with Crippen molar-refractivity contribution in [2.24, 2.45) is 11.7 Å². The van der Waals surface area contributed by atoms with E-state index < -0.39 is 0 Å². The lowest BCUT2D eigenvalue weighted by atomic mass is 9.94. The fourth-order valence-electron chi connectivity index (χ4n) is 2.60. The highest BCUT2D eigenvalue weighted by Gasteiger charge is 2.25. The van der Waals surface area contributed by atoms with Gasteiger partial charge in [0.15, 0.2) is 0 Å². The summed E-state index contributed by atoms with van der Waals surface area (Å²) in [4.78, 5) is 2.36. The molecule has 2 unspecified atom stereocenters. The van der Waals surface area contributed by atoms with E-state index in [9.17, 15) is 0 Å². The summed E-state index contributed by atoms with van der Waals surface area (Å²) in [7, 11) is 2.17. The second-order valence-corrected chi connectivity index (χ2v) is 5.24. The molecule has 2 rings (SSSR count). The lowest BCUT2D eigenvalue weighted by molar-refractivity contribution is 0.0128. The Labute approximate surface area is 104 Å². The van der Waals surface area contributed by atoms with Crippen LogP contribution in [0.15, 0.2) is 0 Å². The van der Waals surface area contributed by atoms with Gasteiger partial charge >= 0.3 is 0 Å². The molecular formula is C12H26N4O. The van der Waals surface area contributed by atoms with Crippen LogP contribution in [0.25, 0.3) is 0 Å².